The van der Waals surface area contributed by atoms with Crippen LogP contribution in [0.25, 0.3) is 0 Å². The van der Waals surface area contributed by atoms with Crippen molar-refractivity contribution in [1.29, 1.82) is 0 Å². The van der Waals surface area contributed by atoms with Gasteiger partial charge in [0.2, 0.25) is 0 Å². The number of rotatable bonds is 0. The topological polar surface area (TPSA) is 34.1 Å². The summed E-state index contributed by atoms with van der Waals surface area (Å²) in [7, 11) is 0. The monoisotopic (exact) mass is 157 g/mol. The van der Waals surface area contributed by atoms with Gasteiger partial charge < -0.3 is 0 Å². The summed E-state index contributed by atoms with van der Waals surface area (Å²) >= 11 is 4.62. The van der Waals surface area contributed by atoms with Gasteiger partial charge >= 0.3 is 39.1 Å². The SMILES string of the molecule is [Li].[O]=[Co].[O]=[Co]. The maximum absolute atomic E-state index is 7.94. The average molecular weight is 157 g/mol. The van der Waals surface area contributed by atoms with E-state index in [9.17, 15) is 0 Å². The Hall–Kier alpha value is 1.21. The van der Waals surface area contributed by atoms with Crippen LogP contribution in [0.3, 0.4) is 0 Å². The normalized spacial score (nSPS) is 2.00. The molecule has 0 aliphatic carbocycles. The zero-order valence-electron chi connectivity index (χ0n) is 2.48. The van der Waals surface area contributed by atoms with E-state index in [1.165, 1.54) is 0 Å². The molecule has 0 aliphatic rings. The van der Waals surface area contributed by atoms with Gasteiger partial charge in [-0.1, -0.05) is 0 Å². The van der Waals surface area contributed by atoms with Gasteiger partial charge in [-0.15, -0.1) is 0 Å². The third-order valence-electron chi connectivity index (χ3n) is 0. The van der Waals surface area contributed by atoms with Gasteiger partial charge in [-0.2, -0.15) is 0 Å². The molecule has 2 nitrogen and oxygen atoms in total. The van der Waals surface area contributed by atoms with Gasteiger partial charge in [0, 0.05) is 18.9 Å². The molecule has 0 atom stereocenters. The van der Waals surface area contributed by atoms with Crippen LogP contribution in [0.15, 0.2) is 0 Å². The van der Waals surface area contributed by atoms with Crippen LogP contribution in [0.2, 0.25) is 0 Å². The van der Waals surface area contributed by atoms with Crippen molar-refractivity contribution in [2.45, 2.75) is 0 Å². The first-order valence-corrected chi connectivity index (χ1v) is 1.12. The van der Waals surface area contributed by atoms with Crippen LogP contribution in [0.4, 0.5) is 0 Å². The molecule has 0 N–H and O–H groups in total. The van der Waals surface area contributed by atoms with Crippen LogP contribution in [0.5, 0.6) is 0 Å². The third kappa shape index (κ3) is 36.7. The summed E-state index contributed by atoms with van der Waals surface area (Å²) in [6.45, 7) is 0. The Bertz CT molecular complexity index is 9.61. The molecule has 0 aromatic rings. The molecular weight excluding hydrogens is 157 g/mol. The van der Waals surface area contributed by atoms with Crippen molar-refractivity contribution in [3.63, 3.8) is 0 Å². The minimum atomic E-state index is 0. The fraction of sp³-hybridized carbons (Fsp3) is 0. The van der Waals surface area contributed by atoms with Gasteiger partial charge in [-0.25, -0.2) is 0 Å². The molecule has 0 aromatic carbocycles. The van der Waals surface area contributed by atoms with Crippen molar-refractivity contribution < 1.29 is 39.1 Å². The summed E-state index contributed by atoms with van der Waals surface area (Å²) in [6.07, 6.45) is 0. The van der Waals surface area contributed by atoms with Crippen LogP contribution in [0, 0.1) is 0 Å². The van der Waals surface area contributed by atoms with Crippen molar-refractivity contribution in [3.05, 3.63) is 0 Å². The van der Waals surface area contributed by atoms with Gasteiger partial charge in [-0.05, 0) is 0 Å². The van der Waals surface area contributed by atoms with Gasteiger partial charge in [0.05, 0.1) is 0 Å². The average Bonchev–Trinajstić information content (AvgIpc) is 1.50. The standard InChI is InChI=1S/2Co.Li.2O. The molecule has 0 aromatic heterocycles. The van der Waals surface area contributed by atoms with E-state index in [-0.39, 0.29) is 18.9 Å². The van der Waals surface area contributed by atoms with Gasteiger partial charge in [0.15, 0.2) is 0 Å². The number of hydrogen-bond donors (Lipinski definition) is 0. The molecule has 31 valence electrons. The molecule has 0 unspecified atom stereocenters. The first kappa shape index (κ1) is 16.4. The van der Waals surface area contributed by atoms with Crippen LogP contribution < -0.4 is 0 Å². The molecule has 1 radical (unpaired) electrons. The summed E-state index contributed by atoms with van der Waals surface area (Å²) in [4.78, 5) is 0. The Labute approximate surface area is 57.8 Å². The molecule has 5 heavy (non-hydrogen) atoms. The van der Waals surface area contributed by atoms with E-state index in [1.807, 2.05) is 0 Å². The van der Waals surface area contributed by atoms with Crippen LogP contribution in [0.1, 0.15) is 0 Å². The van der Waals surface area contributed by atoms with Gasteiger partial charge in [0.25, 0.3) is 0 Å². The Balaban J connectivity index is -0.0000000133. The van der Waals surface area contributed by atoms with E-state index in [2.05, 4.69) is 31.3 Å². The molecule has 0 bridgehead atoms. The molecule has 0 rings (SSSR count). The van der Waals surface area contributed by atoms with Crippen LogP contribution in [-0.4, -0.2) is 18.9 Å². The van der Waals surface area contributed by atoms with Gasteiger partial charge in [-0.3, -0.25) is 0 Å². The number of hydrogen-bond acceptors (Lipinski definition) is 2. The summed E-state index contributed by atoms with van der Waals surface area (Å²) in [6, 6.07) is 0. The summed E-state index contributed by atoms with van der Waals surface area (Å²) in [5, 5.41) is 0. The second-order valence-electron chi connectivity index (χ2n) is 0. The quantitative estimate of drug-likeness (QED) is 0.439. The van der Waals surface area contributed by atoms with Crippen molar-refractivity contribution in [2.24, 2.45) is 0 Å². The molecule has 0 amide bonds. The van der Waals surface area contributed by atoms with E-state index in [0.717, 1.165) is 0 Å². The summed E-state index contributed by atoms with van der Waals surface area (Å²) in [5.74, 6) is 0. The van der Waals surface area contributed by atoms with E-state index >= 15 is 0 Å². The molecule has 0 aliphatic heterocycles. The molecule has 0 saturated heterocycles. The van der Waals surface area contributed by atoms with Gasteiger partial charge in [0.1, 0.15) is 0 Å². The van der Waals surface area contributed by atoms with Crippen molar-refractivity contribution >= 4 is 18.9 Å². The fourth-order valence-electron chi connectivity index (χ4n) is 0. The first-order valence-electron chi connectivity index (χ1n) is 0.272. The van der Waals surface area contributed by atoms with E-state index in [1.54, 1.807) is 0 Å². The summed E-state index contributed by atoms with van der Waals surface area (Å²) in [5.41, 5.74) is 0. The minimum absolute atomic E-state index is 0. The Morgan fingerprint density at radius 1 is 0.800 bits per heavy atom. The van der Waals surface area contributed by atoms with E-state index < -0.39 is 0 Å². The first-order chi connectivity index (χ1) is 2.00. The van der Waals surface area contributed by atoms with E-state index in [4.69, 9.17) is 7.73 Å². The summed E-state index contributed by atoms with van der Waals surface area (Å²) < 4.78 is 15.9. The second kappa shape index (κ2) is 63.0. The maximum atomic E-state index is 7.94. The molecular formula is Co2LiO2. The van der Waals surface area contributed by atoms with Crippen molar-refractivity contribution in [1.82, 2.24) is 0 Å². The Morgan fingerprint density at radius 2 is 0.800 bits per heavy atom. The van der Waals surface area contributed by atoms with E-state index in [0.29, 0.717) is 0 Å². The molecule has 5 heteroatoms. The Morgan fingerprint density at radius 3 is 0.800 bits per heavy atom. The van der Waals surface area contributed by atoms with Crippen molar-refractivity contribution in [2.75, 3.05) is 0 Å². The predicted molar refractivity (Wildman–Crippen MR) is 7.13 cm³/mol. The third-order valence-corrected chi connectivity index (χ3v) is 0. The molecule has 0 spiro atoms. The predicted octanol–water partition coefficient (Wildman–Crippen LogP) is -0.623. The molecule has 0 fully saturated rings. The fourth-order valence-corrected chi connectivity index (χ4v) is 0. The molecule has 0 heterocycles. The second-order valence-corrected chi connectivity index (χ2v) is 0. The zero-order chi connectivity index (χ0) is 4.00. The van der Waals surface area contributed by atoms with Crippen LogP contribution >= 0.6 is 0 Å². The van der Waals surface area contributed by atoms with Crippen molar-refractivity contribution in [3.8, 4) is 0 Å². The van der Waals surface area contributed by atoms with Crippen LogP contribution in [-0.2, 0) is 39.1 Å². The Kier molecular flexibility index (Phi) is 206. The molecule has 0 saturated carbocycles. The zero-order valence-corrected chi connectivity index (χ0v) is 4.57.